The van der Waals surface area contributed by atoms with Gasteiger partial charge in [-0.3, -0.25) is 9.47 Å². The highest BCUT2D eigenvalue weighted by Gasteiger charge is 2.13. The van der Waals surface area contributed by atoms with Gasteiger partial charge in [-0.15, -0.1) is 0 Å². The molecule has 0 amide bonds. The summed E-state index contributed by atoms with van der Waals surface area (Å²) in [4.78, 5) is 5.87. The minimum Gasteiger partial charge on any atom is -0.300 e. The lowest BCUT2D eigenvalue weighted by Crippen LogP contribution is -2.25. The van der Waals surface area contributed by atoms with Crippen LogP contribution in [0, 0.1) is 6.92 Å². The Bertz CT molecular complexity index is 523. The number of nitrogens with zero attached hydrogens (tertiary/aromatic N) is 3. The zero-order valence-electron chi connectivity index (χ0n) is 11.1. The molecule has 19 heavy (non-hydrogen) atoms. The molecule has 0 N–H and O–H groups in total. The summed E-state index contributed by atoms with van der Waals surface area (Å²) >= 11 is 0. The highest BCUT2D eigenvalue weighted by molar-refractivity contribution is 5.35. The highest BCUT2D eigenvalue weighted by Crippen LogP contribution is 2.15. The van der Waals surface area contributed by atoms with E-state index in [2.05, 4.69) is 4.98 Å². The molecule has 0 bridgehead atoms. The number of imidazole rings is 1. The second kappa shape index (κ2) is 5.93. The van der Waals surface area contributed by atoms with Crippen LogP contribution in [0.4, 0.5) is 8.78 Å². The fourth-order valence-electron chi connectivity index (χ4n) is 2.11. The van der Waals surface area contributed by atoms with Crippen LogP contribution in [0.5, 0.6) is 0 Å². The molecule has 0 aliphatic carbocycles. The molecule has 1 aromatic heterocycles. The van der Waals surface area contributed by atoms with Crippen molar-refractivity contribution in [3.63, 3.8) is 0 Å². The van der Waals surface area contributed by atoms with E-state index in [4.69, 9.17) is 0 Å². The Balaban J connectivity index is 2.23. The molecule has 102 valence electrons. The van der Waals surface area contributed by atoms with Crippen LogP contribution in [0.15, 0.2) is 36.5 Å². The largest absolute Gasteiger partial charge is 0.300 e. The zero-order valence-corrected chi connectivity index (χ0v) is 11.1. The van der Waals surface area contributed by atoms with Crippen molar-refractivity contribution in [1.29, 1.82) is 0 Å². The van der Waals surface area contributed by atoms with E-state index in [1.54, 1.807) is 18.1 Å². The van der Waals surface area contributed by atoms with Crippen LogP contribution >= 0.6 is 0 Å². The third-order valence-electron chi connectivity index (χ3n) is 2.91. The van der Waals surface area contributed by atoms with E-state index in [0.717, 1.165) is 17.2 Å². The normalized spacial score (nSPS) is 11.5. The van der Waals surface area contributed by atoms with Crippen LogP contribution in [-0.4, -0.2) is 34.5 Å². The Labute approximate surface area is 111 Å². The predicted molar refractivity (Wildman–Crippen MR) is 70.6 cm³/mol. The van der Waals surface area contributed by atoms with Gasteiger partial charge >= 0.3 is 0 Å². The number of aromatic nitrogens is 2. The molecule has 2 rings (SSSR count). The fraction of sp³-hybridized carbons (Fsp3) is 0.357. The van der Waals surface area contributed by atoms with E-state index in [0.29, 0.717) is 6.54 Å². The Morgan fingerprint density at radius 1 is 1.26 bits per heavy atom. The van der Waals surface area contributed by atoms with Crippen LogP contribution in [0.25, 0.3) is 5.69 Å². The highest BCUT2D eigenvalue weighted by atomic mass is 19.3. The molecule has 0 unspecified atom stereocenters. The van der Waals surface area contributed by atoms with Gasteiger partial charge in [-0.05, 0) is 26.1 Å². The third kappa shape index (κ3) is 3.38. The third-order valence-corrected chi connectivity index (χ3v) is 2.91. The minimum absolute atomic E-state index is 0.237. The van der Waals surface area contributed by atoms with E-state index >= 15 is 0 Å². The van der Waals surface area contributed by atoms with Gasteiger partial charge in [-0.2, -0.15) is 0 Å². The molecule has 0 aliphatic heterocycles. The lowest BCUT2D eigenvalue weighted by atomic mass is 10.3. The van der Waals surface area contributed by atoms with Crippen molar-refractivity contribution in [2.75, 3.05) is 13.6 Å². The quantitative estimate of drug-likeness (QED) is 0.829. The molecule has 0 saturated carbocycles. The van der Waals surface area contributed by atoms with Crippen molar-refractivity contribution in [3.8, 4) is 5.69 Å². The van der Waals surface area contributed by atoms with Crippen LogP contribution in [0.1, 0.15) is 11.5 Å². The van der Waals surface area contributed by atoms with Crippen molar-refractivity contribution in [1.82, 2.24) is 14.5 Å². The van der Waals surface area contributed by atoms with Crippen molar-refractivity contribution >= 4 is 0 Å². The minimum atomic E-state index is -2.32. The van der Waals surface area contributed by atoms with Gasteiger partial charge in [-0.1, -0.05) is 18.2 Å². The van der Waals surface area contributed by atoms with Gasteiger partial charge in [0.15, 0.2) is 0 Å². The lowest BCUT2D eigenvalue weighted by Gasteiger charge is -2.17. The predicted octanol–water partition coefficient (Wildman–Crippen LogP) is 2.88. The molecule has 3 nitrogen and oxygen atoms in total. The Hall–Kier alpha value is -1.75. The van der Waals surface area contributed by atoms with Crippen molar-refractivity contribution < 1.29 is 8.78 Å². The smallest absolute Gasteiger partial charge is 0.251 e. The summed E-state index contributed by atoms with van der Waals surface area (Å²) in [7, 11) is 1.68. The number of para-hydroxylation sites is 1. The van der Waals surface area contributed by atoms with Crippen molar-refractivity contribution in [2.45, 2.75) is 19.9 Å². The van der Waals surface area contributed by atoms with E-state index in [-0.39, 0.29) is 6.54 Å². The van der Waals surface area contributed by atoms with Gasteiger partial charge in [0.1, 0.15) is 5.82 Å². The summed E-state index contributed by atoms with van der Waals surface area (Å²) in [6, 6.07) is 9.79. The molecule has 0 fully saturated rings. The SMILES string of the molecule is Cc1ncc(CN(C)CC(F)F)n1-c1ccccc1. The van der Waals surface area contributed by atoms with Gasteiger partial charge in [0.05, 0.1) is 18.4 Å². The van der Waals surface area contributed by atoms with E-state index in [9.17, 15) is 8.78 Å². The lowest BCUT2D eigenvalue weighted by molar-refractivity contribution is 0.0968. The molecule has 0 saturated heterocycles. The Kier molecular flexibility index (Phi) is 4.27. The van der Waals surface area contributed by atoms with Gasteiger partial charge in [0.25, 0.3) is 6.43 Å². The summed E-state index contributed by atoms with van der Waals surface area (Å²) < 4.78 is 26.7. The molecule has 0 atom stereocenters. The zero-order chi connectivity index (χ0) is 13.8. The first kappa shape index (κ1) is 13.7. The van der Waals surface area contributed by atoms with E-state index < -0.39 is 6.43 Å². The number of hydrogen-bond acceptors (Lipinski definition) is 2. The van der Waals surface area contributed by atoms with Crippen LogP contribution in [-0.2, 0) is 6.54 Å². The molecule has 2 aromatic rings. The maximum absolute atomic E-state index is 12.4. The summed E-state index contributed by atoms with van der Waals surface area (Å²) in [6.45, 7) is 2.11. The summed E-state index contributed by atoms with van der Waals surface area (Å²) in [5.74, 6) is 0.853. The average Bonchev–Trinajstić information content (AvgIpc) is 2.70. The molecule has 0 aliphatic rings. The molecule has 0 spiro atoms. The number of aryl methyl sites for hydroxylation is 1. The summed E-state index contributed by atoms with van der Waals surface area (Å²) in [5.41, 5.74) is 1.91. The van der Waals surface area contributed by atoms with Gasteiger partial charge in [-0.25, -0.2) is 13.8 Å². The molecule has 5 heteroatoms. The molecule has 1 aromatic carbocycles. The van der Waals surface area contributed by atoms with Gasteiger partial charge in [0, 0.05) is 12.2 Å². The first-order valence-corrected chi connectivity index (χ1v) is 6.13. The molecule has 0 radical (unpaired) electrons. The van der Waals surface area contributed by atoms with Crippen LogP contribution < -0.4 is 0 Å². The maximum atomic E-state index is 12.4. The molecule has 1 heterocycles. The Morgan fingerprint density at radius 3 is 2.58 bits per heavy atom. The number of rotatable bonds is 5. The first-order valence-electron chi connectivity index (χ1n) is 6.13. The molecular formula is C14H17F2N3. The van der Waals surface area contributed by atoms with Gasteiger partial charge in [0.2, 0.25) is 0 Å². The number of hydrogen-bond donors (Lipinski definition) is 0. The van der Waals surface area contributed by atoms with E-state index in [1.807, 2.05) is 41.8 Å². The van der Waals surface area contributed by atoms with Crippen LogP contribution in [0.2, 0.25) is 0 Å². The monoisotopic (exact) mass is 265 g/mol. The second-order valence-electron chi connectivity index (χ2n) is 4.56. The maximum Gasteiger partial charge on any atom is 0.251 e. The number of benzene rings is 1. The average molecular weight is 265 g/mol. The van der Waals surface area contributed by atoms with Crippen LogP contribution in [0.3, 0.4) is 0 Å². The van der Waals surface area contributed by atoms with E-state index in [1.165, 1.54) is 0 Å². The molecular weight excluding hydrogens is 248 g/mol. The van der Waals surface area contributed by atoms with Crippen molar-refractivity contribution in [2.24, 2.45) is 0 Å². The number of halogens is 2. The standard InChI is InChI=1S/C14H17F2N3/c1-11-17-8-13(9-18(2)10-14(15)16)19(11)12-6-4-3-5-7-12/h3-8,14H,9-10H2,1-2H3. The summed E-state index contributed by atoms with van der Waals surface area (Å²) in [6.07, 6.45) is -0.580. The second-order valence-corrected chi connectivity index (χ2v) is 4.56. The van der Waals surface area contributed by atoms with Gasteiger partial charge < -0.3 is 0 Å². The summed E-state index contributed by atoms with van der Waals surface area (Å²) in [5, 5.41) is 0. The number of alkyl halides is 2. The first-order chi connectivity index (χ1) is 9.08. The Morgan fingerprint density at radius 2 is 1.95 bits per heavy atom. The fourth-order valence-corrected chi connectivity index (χ4v) is 2.11. The topological polar surface area (TPSA) is 21.1 Å². The van der Waals surface area contributed by atoms with Crippen molar-refractivity contribution in [3.05, 3.63) is 48.0 Å².